The van der Waals surface area contributed by atoms with E-state index >= 15 is 0 Å². The van der Waals surface area contributed by atoms with Crippen LogP contribution in [0.15, 0.2) is 36.8 Å². The van der Waals surface area contributed by atoms with E-state index in [-0.39, 0.29) is 0 Å². The monoisotopic (exact) mass is 229 g/mol. The van der Waals surface area contributed by atoms with Crippen molar-refractivity contribution in [2.24, 2.45) is 5.73 Å². The van der Waals surface area contributed by atoms with Crippen LogP contribution in [0, 0.1) is 0 Å². The van der Waals surface area contributed by atoms with Crippen molar-refractivity contribution in [1.29, 1.82) is 0 Å². The van der Waals surface area contributed by atoms with Gasteiger partial charge in [-0.1, -0.05) is 12.1 Å². The van der Waals surface area contributed by atoms with Gasteiger partial charge in [-0.3, -0.25) is 0 Å². The van der Waals surface area contributed by atoms with Crippen molar-refractivity contribution < 1.29 is 4.74 Å². The van der Waals surface area contributed by atoms with Crippen LogP contribution < -0.4 is 10.5 Å². The van der Waals surface area contributed by atoms with E-state index in [4.69, 9.17) is 10.5 Å². The number of ether oxygens (including phenoxy) is 1. The van der Waals surface area contributed by atoms with E-state index in [0.29, 0.717) is 6.54 Å². The highest BCUT2D eigenvalue weighted by Crippen LogP contribution is 2.29. The minimum absolute atomic E-state index is 0.579. The zero-order valence-electron chi connectivity index (χ0n) is 9.76. The largest absolute Gasteiger partial charge is 0.496 e. The number of benzene rings is 1. The van der Waals surface area contributed by atoms with Crippen molar-refractivity contribution in [1.82, 2.24) is 9.97 Å². The Morgan fingerprint density at radius 3 is 2.88 bits per heavy atom. The van der Waals surface area contributed by atoms with Crippen molar-refractivity contribution in [3.63, 3.8) is 0 Å². The molecule has 1 heterocycles. The predicted molar refractivity (Wildman–Crippen MR) is 66.8 cm³/mol. The molecule has 0 spiro atoms. The van der Waals surface area contributed by atoms with Gasteiger partial charge in [0.2, 0.25) is 0 Å². The molecule has 1 aromatic heterocycles. The molecule has 4 nitrogen and oxygen atoms in total. The van der Waals surface area contributed by atoms with Gasteiger partial charge in [-0.05, 0) is 30.7 Å². The lowest BCUT2D eigenvalue weighted by Crippen LogP contribution is -2.05. The standard InChI is InChI=1S/C13H15N3O/c1-17-12-5-3-2-4-11(12)13-10(6-7-14)8-15-9-16-13/h2-5,8-9H,6-7,14H2,1H3. The molecule has 2 aromatic rings. The molecule has 0 aliphatic heterocycles. The maximum absolute atomic E-state index is 5.59. The molecule has 0 fully saturated rings. The maximum Gasteiger partial charge on any atom is 0.128 e. The molecule has 0 bridgehead atoms. The number of aromatic nitrogens is 2. The van der Waals surface area contributed by atoms with Gasteiger partial charge >= 0.3 is 0 Å². The molecular weight excluding hydrogens is 214 g/mol. The lowest BCUT2D eigenvalue weighted by atomic mass is 10.0. The minimum atomic E-state index is 0.579. The molecule has 1 aromatic carbocycles. The number of nitrogens with zero attached hydrogens (tertiary/aromatic N) is 2. The highest BCUT2D eigenvalue weighted by molar-refractivity contribution is 5.69. The van der Waals surface area contributed by atoms with Gasteiger partial charge in [-0.25, -0.2) is 9.97 Å². The second-order valence-electron chi connectivity index (χ2n) is 3.64. The first kappa shape index (κ1) is 11.5. The Morgan fingerprint density at radius 1 is 1.29 bits per heavy atom. The van der Waals surface area contributed by atoms with Crippen molar-refractivity contribution in [2.45, 2.75) is 6.42 Å². The third kappa shape index (κ3) is 2.42. The van der Waals surface area contributed by atoms with E-state index in [1.807, 2.05) is 30.5 Å². The van der Waals surface area contributed by atoms with Gasteiger partial charge in [0.05, 0.1) is 12.8 Å². The van der Waals surface area contributed by atoms with E-state index in [1.54, 1.807) is 13.4 Å². The lowest BCUT2D eigenvalue weighted by Gasteiger charge is -2.10. The van der Waals surface area contributed by atoms with Crippen LogP contribution in [0.3, 0.4) is 0 Å². The zero-order valence-corrected chi connectivity index (χ0v) is 9.76. The summed E-state index contributed by atoms with van der Waals surface area (Å²) >= 11 is 0. The summed E-state index contributed by atoms with van der Waals surface area (Å²) in [6.45, 7) is 0.579. The topological polar surface area (TPSA) is 61.0 Å². The number of rotatable bonds is 4. The molecule has 0 aliphatic carbocycles. The van der Waals surface area contributed by atoms with Crippen LogP contribution in [0.5, 0.6) is 5.75 Å². The number of hydrogen-bond donors (Lipinski definition) is 1. The maximum atomic E-state index is 5.59. The van der Waals surface area contributed by atoms with Crippen LogP contribution in [0.1, 0.15) is 5.56 Å². The molecule has 0 amide bonds. The normalized spacial score (nSPS) is 10.2. The Labute approximate surface area is 100 Å². The molecule has 0 radical (unpaired) electrons. The van der Waals surface area contributed by atoms with Gasteiger partial charge in [0, 0.05) is 11.8 Å². The Hall–Kier alpha value is -1.94. The minimum Gasteiger partial charge on any atom is -0.496 e. The first-order valence-electron chi connectivity index (χ1n) is 5.49. The van der Waals surface area contributed by atoms with Crippen molar-refractivity contribution >= 4 is 0 Å². The van der Waals surface area contributed by atoms with E-state index in [0.717, 1.165) is 29.0 Å². The summed E-state index contributed by atoms with van der Waals surface area (Å²) in [5, 5.41) is 0. The molecule has 0 saturated carbocycles. The summed E-state index contributed by atoms with van der Waals surface area (Å²) in [4.78, 5) is 8.37. The molecule has 0 saturated heterocycles. The summed E-state index contributed by atoms with van der Waals surface area (Å²) in [7, 11) is 1.66. The van der Waals surface area contributed by atoms with E-state index in [9.17, 15) is 0 Å². The van der Waals surface area contributed by atoms with Crippen molar-refractivity contribution in [3.05, 3.63) is 42.4 Å². The summed E-state index contributed by atoms with van der Waals surface area (Å²) < 4.78 is 5.34. The lowest BCUT2D eigenvalue weighted by molar-refractivity contribution is 0.416. The number of hydrogen-bond acceptors (Lipinski definition) is 4. The third-order valence-electron chi connectivity index (χ3n) is 2.56. The van der Waals surface area contributed by atoms with Gasteiger partial charge in [0.1, 0.15) is 12.1 Å². The molecule has 2 N–H and O–H groups in total. The molecule has 4 heteroatoms. The van der Waals surface area contributed by atoms with Crippen LogP contribution in [0.25, 0.3) is 11.3 Å². The van der Waals surface area contributed by atoms with Gasteiger partial charge in [-0.2, -0.15) is 0 Å². The van der Waals surface area contributed by atoms with Crippen LogP contribution in [0.4, 0.5) is 0 Å². The van der Waals surface area contributed by atoms with Crippen LogP contribution >= 0.6 is 0 Å². The van der Waals surface area contributed by atoms with Gasteiger partial charge in [0.25, 0.3) is 0 Å². The Kier molecular flexibility index (Phi) is 3.67. The van der Waals surface area contributed by atoms with E-state index in [2.05, 4.69) is 9.97 Å². The fourth-order valence-electron chi connectivity index (χ4n) is 1.78. The average molecular weight is 229 g/mol. The summed E-state index contributed by atoms with van der Waals surface area (Å²) in [5.41, 5.74) is 8.50. The second kappa shape index (κ2) is 5.41. The third-order valence-corrected chi connectivity index (χ3v) is 2.56. The smallest absolute Gasteiger partial charge is 0.128 e. The van der Waals surface area contributed by atoms with Gasteiger partial charge < -0.3 is 10.5 Å². The first-order chi connectivity index (χ1) is 8.36. The highest BCUT2D eigenvalue weighted by atomic mass is 16.5. The molecule has 0 aliphatic rings. The van der Waals surface area contributed by atoms with Crippen LogP contribution in [-0.2, 0) is 6.42 Å². The van der Waals surface area contributed by atoms with E-state index in [1.165, 1.54) is 0 Å². The van der Waals surface area contributed by atoms with Crippen molar-refractivity contribution in [2.75, 3.05) is 13.7 Å². The highest BCUT2D eigenvalue weighted by Gasteiger charge is 2.10. The SMILES string of the molecule is COc1ccccc1-c1ncncc1CCN. The average Bonchev–Trinajstić information content (AvgIpc) is 2.40. The Morgan fingerprint density at radius 2 is 2.12 bits per heavy atom. The molecule has 88 valence electrons. The Balaban J connectivity index is 2.52. The van der Waals surface area contributed by atoms with Gasteiger partial charge in [0.15, 0.2) is 0 Å². The molecule has 17 heavy (non-hydrogen) atoms. The van der Waals surface area contributed by atoms with E-state index < -0.39 is 0 Å². The fraction of sp³-hybridized carbons (Fsp3) is 0.231. The van der Waals surface area contributed by atoms with Gasteiger partial charge in [-0.15, -0.1) is 0 Å². The molecule has 2 rings (SSSR count). The molecule has 0 unspecified atom stereocenters. The number of nitrogens with two attached hydrogens (primary N) is 1. The summed E-state index contributed by atoms with van der Waals surface area (Å²) in [5.74, 6) is 0.810. The second-order valence-corrected chi connectivity index (χ2v) is 3.64. The quantitative estimate of drug-likeness (QED) is 0.866. The fourth-order valence-corrected chi connectivity index (χ4v) is 1.78. The van der Waals surface area contributed by atoms with Crippen LogP contribution in [0.2, 0.25) is 0 Å². The Bertz CT molecular complexity index is 500. The number of methoxy groups -OCH3 is 1. The zero-order chi connectivity index (χ0) is 12.1. The summed E-state index contributed by atoms with van der Waals surface area (Å²) in [6, 6.07) is 7.81. The summed E-state index contributed by atoms with van der Waals surface area (Å²) in [6.07, 6.45) is 4.11. The molecule has 0 atom stereocenters. The predicted octanol–water partition coefficient (Wildman–Crippen LogP) is 1.65. The van der Waals surface area contributed by atoms with Crippen LogP contribution in [-0.4, -0.2) is 23.6 Å². The number of para-hydroxylation sites is 1. The molecular formula is C13H15N3O. The first-order valence-corrected chi connectivity index (χ1v) is 5.49. The van der Waals surface area contributed by atoms with Crippen molar-refractivity contribution in [3.8, 4) is 17.0 Å².